The molecule has 10 heteroatoms. The minimum atomic E-state index is -0.712. The fourth-order valence-electron chi connectivity index (χ4n) is 4.97. The lowest BCUT2D eigenvalue weighted by molar-refractivity contribution is -0.138. The van der Waals surface area contributed by atoms with Crippen LogP contribution in [-0.2, 0) is 9.53 Å². The Labute approximate surface area is 258 Å². The lowest BCUT2D eigenvalue weighted by atomic mass is 9.93. The van der Waals surface area contributed by atoms with E-state index < -0.39 is 12.0 Å². The summed E-state index contributed by atoms with van der Waals surface area (Å²) in [6.45, 7) is 1.96. The smallest absolute Gasteiger partial charge is 0.338 e. The highest BCUT2D eigenvalue weighted by molar-refractivity contribution is 8.01. The second kappa shape index (κ2) is 11.6. The predicted octanol–water partition coefficient (Wildman–Crippen LogP) is 6.29. The van der Waals surface area contributed by atoms with E-state index in [2.05, 4.69) is 4.98 Å². The molecule has 6 aromatic rings. The fourth-order valence-corrected chi connectivity index (χ4v) is 7.92. The van der Waals surface area contributed by atoms with E-state index in [9.17, 15) is 9.59 Å². The number of para-hydroxylation sites is 1. The third-order valence-electron chi connectivity index (χ3n) is 6.83. The van der Waals surface area contributed by atoms with Gasteiger partial charge in [0.1, 0.15) is 5.76 Å². The second-order valence-electron chi connectivity index (χ2n) is 9.55. The lowest BCUT2D eigenvalue weighted by Crippen LogP contribution is -2.39. The van der Waals surface area contributed by atoms with Crippen LogP contribution in [0.5, 0.6) is 0 Å². The number of esters is 1. The zero-order valence-electron chi connectivity index (χ0n) is 22.8. The van der Waals surface area contributed by atoms with Gasteiger partial charge in [0.05, 0.1) is 38.7 Å². The molecule has 212 valence electrons. The van der Waals surface area contributed by atoms with Crippen molar-refractivity contribution in [2.45, 2.75) is 22.4 Å². The largest absolute Gasteiger partial charge is 0.463 e. The summed E-state index contributed by atoms with van der Waals surface area (Å²) in [5.41, 5.74) is 3.07. The fraction of sp³-hybridized carbons (Fsp3) is 0.0909. The second-order valence-corrected chi connectivity index (χ2v) is 12.8. The van der Waals surface area contributed by atoms with Gasteiger partial charge in [-0.25, -0.2) is 14.8 Å². The van der Waals surface area contributed by atoms with Crippen LogP contribution >= 0.6 is 34.4 Å². The Morgan fingerprint density at radius 1 is 0.977 bits per heavy atom. The maximum Gasteiger partial charge on any atom is 0.338 e. The number of benzene rings is 3. The van der Waals surface area contributed by atoms with E-state index >= 15 is 0 Å². The zero-order valence-corrected chi connectivity index (χ0v) is 25.2. The topological polar surface area (TPSA) is 86.7 Å². The maximum atomic E-state index is 14.0. The molecule has 7 rings (SSSR count). The highest BCUT2D eigenvalue weighted by atomic mass is 32.2. The SMILES string of the molecule is CCOC(=O)C1=C(c2ccccc2)N=c2s/c(=C\c3ccc(Sc4nc5ccccc5s4)o3)c(=O)n2[C@@H]1c1ccccc1. The van der Waals surface area contributed by atoms with Crippen molar-refractivity contribution in [3.8, 4) is 0 Å². The molecule has 7 nitrogen and oxygen atoms in total. The molecule has 4 heterocycles. The molecule has 1 aliphatic heterocycles. The van der Waals surface area contributed by atoms with E-state index in [4.69, 9.17) is 14.1 Å². The van der Waals surface area contributed by atoms with Crippen LogP contribution in [0.15, 0.2) is 126 Å². The van der Waals surface area contributed by atoms with Crippen molar-refractivity contribution in [3.63, 3.8) is 0 Å². The summed E-state index contributed by atoms with van der Waals surface area (Å²) < 4.78 is 15.6. The lowest BCUT2D eigenvalue weighted by Gasteiger charge is -2.25. The quantitative estimate of drug-likeness (QED) is 0.195. The van der Waals surface area contributed by atoms with E-state index in [-0.39, 0.29) is 12.2 Å². The third kappa shape index (κ3) is 5.29. The van der Waals surface area contributed by atoms with Crippen LogP contribution in [-0.4, -0.2) is 22.1 Å². The van der Waals surface area contributed by atoms with Crippen molar-refractivity contribution >= 4 is 62.4 Å². The minimum absolute atomic E-state index is 0.201. The normalized spacial score (nSPS) is 15.0. The summed E-state index contributed by atoms with van der Waals surface area (Å²) in [6, 6.07) is 30.0. The number of rotatable bonds is 7. The van der Waals surface area contributed by atoms with Gasteiger partial charge >= 0.3 is 5.97 Å². The molecule has 0 spiro atoms. The van der Waals surface area contributed by atoms with Crippen LogP contribution in [0.4, 0.5) is 0 Å². The van der Waals surface area contributed by atoms with Crippen LogP contribution in [0.1, 0.15) is 29.9 Å². The maximum absolute atomic E-state index is 14.0. The highest BCUT2D eigenvalue weighted by Crippen LogP contribution is 2.36. The summed E-state index contributed by atoms with van der Waals surface area (Å²) in [5, 5.41) is 0.677. The van der Waals surface area contributed by atoms with Crippen molar-refractivity contribution < 1.29 is 13.9 Å². The number of hydrogen-bond donors (Lipinski definition) is 0. The number of ether oxygens (including phenoxy) is 1. The van der Waals surface area contributed by atoms with Gasteiger partial charge in [0.2, 0.25) is 0 Å². The van der Waals surface area contributed by atoms with Gasteiger partial charge in [0.25, 0.3) is 5.56 Å². The first-order valence-corrected chi connectivity index (χ1v) is 16.0. The first-order chi connectivity index (χ1) is 21.1. The average molecular weight is 622 g/mol. The highest BCUT2D eigenvalue weighted by Gasteiger charge is 2.35. The minimum Gasteiger partial charge on any atom is -0.463 e. The van der Waals surface area contributed by atoms with Crippen LogP contribution in [0.2, 0.25) is 0 Å². The molecule has 1 aliphatic rings. The number of carbonyl (C=O) groups is 1. The Hall–Kier alpha value is -4.51. The molecule has 43 heavy (non-hydrogen) atoms. The number of fused-ring (bicyclic) bond motifs is 2. The summed E-state index contributed by atoms with van der Waals surface area (Å²) in [5.74, 6) is 0.0359. The molecule has 0 bridgehead atoms. The number of carbonyl (C=O) groups excluding carboxylic acids is 1. The molecule has 0 aliphatic carbocycles. The molecule has 0 N–H and O–H groups in total. The molecule has 0 saturated heterocycles. The molecule has 3 aromatic carbocycles. The summed E-state index contributed by atoms with van der Waals surface area (Å²) in [4.78, 5) is 37.6. The van der Waals surface area contributed by atoms with Crippen molar-refractivity contribution in [2.75, 3.05) is 6.61 Å². The van der Waals surface area contributed by atoms with E-state index in [0.717, 1.165) is 25.7 Å². The van der Waals surface area contributed by atoms with Gasteiger partial charge in [-0.3, -0.25) is 9.36 Å². The molecule has 0 radical (unpaired) electrons. The van der Waals surface area contributed by atoms with Crippen LogP contribution in [0.3, 0.4) is 0 Å². The van der Waals surface area contributed by atoms with Gasteiger partial charge in [-0.1, -0.05) is 84.1 Å². The molecule has 0 unspecified atom stereocenters. The number of hydrogen-bond acceptors (Lipinski definition) is 9. The molecular formula is C33H23N3O4S3. The van der Waals surface area contributed by atoms with Crippen molar-refractivity contribution in [3.05, 3.63) is 139 Å². The molecule has 0 saturated carbocycles. The van der Waals surface area contributed by atoms with E-state index in [1.54, 1.807) is 28.9 Å². The van der Waals surface area contributed by atoms with Gasteiger partial charge < -0.3 is 9.15 Å². The Morgan fingerprint density at radius 2 is 1.72 bits per heavy atom. The summed E-state index contributed by atoms with van der Waals surface area (Å²) >= 11 is 4.31. The molecule has 0 fully saturated rings. The number of furan rings is 1. The van der Waals surface area contributed by atoms with Gasteiger partial charge in [-0.05, 0) is 48.5 Å². The van der Waals surface area contributed by atoms with Gasteiger partial charge in [0, 0.05) is 11.6 Å². The Kier molecular flexibility index (Phi) is 7.40. The monoisotopic (exact) mass is 621 g/mol. The Bertz CT molecular complexity index is 2140. The first kappa shape index (κ1) is 27.3. The van der Waals surface area contributed by atoms with Crippen LogP contribution in [0, 0.1) is 0 Å². The first-order valence-electron chi connectivity index (χ1n) is 13.6. The number of nitrogens with zero attached hydrogens (tertiary/aromatic N) is 3. The van der Waals surface area contributed by atoms with Crippen molar-refractivity contribution in [2.24, 2.45) is 4.99 Å². The summed E-state index contributed by atoms with van der Waals surface area (Å²) in [6.07, 6.45) is 1.73. The summed E-state index contributed by atoms with van der Waals surface area (Å²) in [7, 11) is 0. The van der Waals surface area contributed by atoms with Crippen molar-refractivity contribution in [1.82, 2.24) is 9.55 Å². The Morgan fingerprint density at radius 3 is 2.49 bits per heavy atom. The van der Waals surface area contributed by atoms with Crippen LogP contribution in [0.25, 0.3) is 22.0 Å². The third-order valence-corrected chi connectivity index (χ3v) is 9.83. The van der Waals surface area contributed by atoms with Crippen molar-refractivity contribution in [1.29, 1.82) is 0 Å². The molecule has 0 amide bonds. The standard InChI is InChI=1S/C33H23N3O4S3/c1-2-39-31(38)27-28(20-11-5-3-6-12-20)35-32-36(29(27)21-13-7-4-8-14-21)30(37)25(41-32)19-22-17-18-26(40-22)43-33-34-23-15-9-10-16-24(23)42-33/h3-19,29H,2H2,1H3/b25-19-/t29-/m1/s1. The molecular weight excluding hydrogens is 599 g/mol. The Balaban J connectivity index is 1.34. The van der Waals surface area contributed by atoms with E-state index in [0.29, 0.717) is 31.5 Å². The number of aromatic nitrogens is 2. The van der Waals surface area contributed by atoms with Gasteiger partial charge in [0.15, 0.2) is 14.2 Å². The average Bonchev–Trinajstić information content (AvgIpc) is 3.74. The van der Waals surface area contributed by atoms with E-state index in [1.807, 2.05) is 97.1 Å². The molecule has 3 aromatic heterocycles. The predicted molar refractivity (Wildman–Crippen MR) is 170 cm³/mol. The zero-order chi connectivity index (χ0) is 29.3. The molecule has 1 atom stereocenters. The van der Waals surface area contributed by atoms with Crippen LogP contribution < -0.4 is 14.9 Å². The number of thiazole rings is 2. The van der Waals surface area contributed by atoms with E-state index in [1.165, 1.54) is 23.1 Å². The van der Waals surface area contributed by atoms with Gasteiger partial charge in [-0.2, -0.15) is 0 Å². The van der Waals surface area contributed by atoms with Gasteiger partial charge in [-0.15, -0.1) is 11.3 Å².